The average Bonchev–Trinajstić information content (AvgIpc) is 4.17. The second-order valence-electron chi connectivity index (χ2n) is 21.2. The lowest BCUT2D eigenvalue weighted by Crippen LogP contribution is -2.14. The van der Waals surface area contributed by atoms with Crippen LogP contribution in [-0.4, -0.2) is 4.40 Å². The predicted octanol–water partition coefficient (Wildman–Crippen LogP) is 18.7. The Morgan fingerprint density at radius 1 is 0.412 bits per heavy atom. The van der Waals surface area contributed by atoms with Crippen molar-refractivity contribution in [3.05, 3.63) is 198 Å². The quantitative estimate of drug-likeness (QED) is 0.166. The highest BCUT2D eigenvalue weighted by molar-refractivity contribution is 6.30. The van der Waals surface area contributed by atoms with Crippen LogP contribution in [0.4, 0.5) is 34.1 Å². The fourth-order valence-electron chi connectivity index (χ4n) is 10.1. The van der Waals surface area contributed by atoms with Crippen molar-refractivity contribution in [3.63, 3.8) is 0 Å². The van der Waals surface area contributed by atoms with Crippen LogP contribution in [0.2, 0.25) is 0 Å². The molecule has 0 saturated heterocycles. The Morgan fingerprint density at radius 3 is 1.65 bits per heavy atom. The molecule has 0 saturated carbocycles. The minimum absolute atomic E-state index is 0.0287. The molecule has 0 spiro atoms. The maximum absolute atomic E-state index is 9.40. The zero-order valence-corrected chi connectivity index (χ0v) is 39.8. The topological polar surface area (TPSA) is 24.0 Å². The average molecular weight is 894 g/mol. The smallest absolute Gasteiger partial charge is 0.137 e. The van der Waals surface area contributed by atoms with Gasteiger partial charge in [-0.3, -0.25) is 0 Å². The molecule has 4 nitrogen and oxygen atoms in total. The SMILES string of the molecule is [2H]c1c([2H])c([2H])c(N(c2cccc(C(C)(C)C)c2)c2ccc3c(c2)oc2ccc4cc5c6ccc(N(c7cccc(C(C)(C)C)c7)c7c([2H])c([2H])c([2H])c([2H])c7[2H])c7c8cc(C(C)(C)C)ccc8n(c5cc4c23)c67)c([2H])c1[2H]. The number of hydrogen-bond acceptors (Lipinski definition) is 3. The zero-order valence-electron chi connectivity index (χ0n) is 49.8. The summed E-state index contributed by atoms with van der Waals surface area (Å²) in [6, 6.07) is 37.0. The van der Waals surface area contributed by atoms with E-state index in [4.69, 9.17) is 15.4 Å². The number of benzene rings is 9. The Labute approximate surface area is 413 Å². The summed E-state index contributed by atoms with van der Waals surface area (Å²) in [5.41, 5.74) is 9.10. The molecule has 334 valence electrons. The molecule has 12 aromatic rings. The summed E-state index contributed by atoms with van der Waals surface area (Å²) >= 11 is 0. The molecule has 0 radical (unpaired) electrons. The van der Waals surface area contributed by atoms with Crippen LogP contribution in [0.25, 0.3) is 70.8 Å². The fourth-order valence-corrected chi connectivity index (χ4v) is 10.1. The molecular formula is C64H57N3O. The van der Waals surface area contributed by atoms with Crippen molar-refractivity contribution in [1.82, 2.24) is 4.40 Å². The molecule has 9 aromatic carbocycles. The summed E-state index contributed by atoms with van der Waals surface area (Å²) in [5.74, 6) is 0. The second-order valence-corrected chi connectivity index (χ2v) is 21.2. The summed E-state index contributed by atoms with van der Waals surface area (Å²) in [6.45, 7) is 19.3. The van der Waals surface area contributed by atoms with Gasteiger partial charge >= 0.3 is 0 Å². The molecule has 0 amide bonds. The van der Waals surface area contributed by atoms with Crippen molar-refractivity contribution in [3.8, 4) is 0 Å². The van der Waals surface area contributed by atoms with Crippen molar-refractivity contribution in [2.75, 3.05) is 9.80 Å². The van der Waals surface area contributed by atoms with Crippen LogP contribution < -0.4 is 9.80 Å². The Balaban J connectivity index is 1.14. The van der Waals surface area contributed by atoms with Gasteiger partial charge in [-0.1, -0.05) is 141 Å². The van der Waals surface area contributed by atoms with Crippen LogP contribution in [0.5, 0.6) is 0 Å². The van der Waals surface area contributed by atoms with E-state index in [-0.39, 0.29) is 51.8 Å². The number of anilines is 6. The number of aromatic nitrogens is 1. The molecule has 0 unspecified atom stereocenters. The number of nitrogens with zero attached hydrogens (tertiary/aromatic N) is 3. The molecule has 3 heterocycles. The van der Waals surface area contributed by atoms with Crippen LogP contribution in [0.3, 0.4) is 0 Å². The molecule has 4 heteroatoms. The second kappa shape index (κ2) is 15.0. The van der Waals surface area contributed by atoms with E-state index in [0.717, 1.165) is 76.3 Å². The van der Waals surface area contributed by atoms with Gasteiger partial charge < -0.3 is 18.6 Å². The van der Waals surface area contributed by atoms with E-state index >= 15 is 0 Å². The fraction of sp³-hybridized carbons (Fsp3) is 0.188. The number of rotatable bonds is 6. The Morgan fingerprint density at radius 2 is 1.00 bits per heavy atom. The van der Waals surface area contributed by atoms with Crippen molar-refractivity contribution in [1.29, 1.82) is 0 Å². The predicted molar refractivity (Wildman–Crippen MR) is 291 cm³/mol. The van der Waals surface area contributed by atoms with E-state index in [0.29, 0.717) is 33.9 Å². The van der Waals surface area contributed by atoms with Crippen molar-refractivity contribution >= 4 is 105 Å². The van der Waals surface area contributed by atoms with Gasteiger partial charge in [-0.2, -0.15) is 0 Å². The Kier molecular flexibility index (Phi) is 7.09. The molecule has 0 aliphatic heterocycles. The number of hydrogen-bond donors (Lipinski definition) is 0. The minimum atomic E-state index is -0.465. The van der Waals surface area contributed by atoms with Crippen LogP contribution in [0, 0.1) is 0 Å². The Bertz CT molecular complexity index is 4480. The van der Waals surface area contributed by atoms with Crippen LogP contribution in [0.15, 0.2) is 186 Å². The van der Waals surface area contributed by atoms with Gasteiger partial charge in [-0.05, 0) is 141 Å². The third-order valence-corrected chi connectivity index (χ3v) is 13.7. The Hall–Kier alpha value is -7.56. The summed E-state index contributed by atoms with van der Waals surface area (Å²) in [7, 11) is 0. The van der Waals surface area contributed by atoms with Gasteiger partial charge in [0.1, 0.15) is 11.2 Å². The van der Waals surface area contributed by atoms with E-state index in [1.54, 1.807) is 4.90 Å². The monoisotopic (exact) mass is 894 g/mol. The molecule has 3 aromatic heterocycles. The normalized spacial score (nSPS) is 14.8. The highest BCUT2D eigenvalue weighted by atomic mass is 16.3. The number of furan rings is 1. The summed E-state index contributed by atoms with van der Waals surface area (Å²) in [4.78, 5) is 3.59. The third kappa shape index (κ3) is 6.64. The first-order chi connectivity index (χ1) is 36.8. The van der Waals surface area contributed by atoms with E-state index in [1.165, 1.54) is 0 Å². The molecule has 12 rings (SSSR count). The molecule has 68 heavy (non-hydrogen) atoms. The largest absolute Gasteiger partial charge is 0.456 e. The summed E-state index contributed by atoms with van der Waals surface area (Å²) in [5, 5.41) is 7.51. The van der Waals surface area contributed by atoms with Gasteiger partial charge in [-0.15, -0.1) is 0 Å². The van der Waals surface area contributed by atoms with Gasteiger partial charge in [0, 0.05) is 66.8 Å². The van der Waals surface area contributed by atoms with Gasteiger partial charge in [0.15, 0.2) is 0 Å². The van der Waals surface area contributed by atoms with Crippen molar-refractivity contribution in [2.45, 2.75) is 78.6 Å². The van der Waals surface area contributed by atoms with E-state index in [1.807, 2.05) is 71.6 Å². The maximum atomic E-state index is 9.40. The molecular weight excluding hydrogens is 827 g/mol. The number of fused-ring (bicyclic) bond motifs is 11. The summed E-state index contributed by atoms with van der Waals surface area (Å²) in [6.07, 6.45) is 0. The van der Waals surface area contributed by atoms with Crippen molar-refractivity contribution < 1.29 is 18.1 Å². The minimum Gasteiger partial charge on any atom is -0.456 e. The molecule has 0 fully saturated rings. The summed E-state index contributed by atoms with van der Waals surface area (Å²) < 4.78 is 98.1. The number of para-hydroxylation sites is 2. The van der Waals surface area contributed by atoms with Gasteiger partial charge in [0.05, 0.1) is 35.9 Å². The lowest BCUT2D eigenvalue weighted by atomic mass is 9.86. The molecule has 0 aliphatic rings. The lowest BCUT2D eigenvalue weighted by molar-refractivity contribution is 0.590. The first-order valence-electron chi connectivity index (χ1n) is 28.3. The van der Waals surface area contributed by atoms with E-state index in [2.05, 4.69) is 121 Å². The maximum Gasteiger partial charge on any atom is 0.137 e. The van der Waals surface area contributed by atoms with E-state index in [9.17, 15) is 2.74 Å². The van der Waals surface area contributed by atoms with Crippen molar-refractivity contribution in [2.24, 2.45) is 0 Å². The van der Waals surface area contributed by atoms with Crippen LogP contribution in [-0.2, 0) is 16.2 Å². The molecule has 0 bridgehead atoms. The zero-order chi connectivity index (χ0) is 55.6. The lowest BCUT2D eigenvalue weighted by Gasteiger charge is -2.28. The first-order valence-corrected chi connectivity index (χ1v) is 23.3. The molecule has 0 atom stereocenters. The van der Waals surface area contributed by atoms with E-state index < -0.39 is 36.3 Å². The van der Waals surface area contributed by atoms with Gasteiger partial charge in [0.2, 0.25) is 0 Å². The van der Waals surface area contributed by atoms with Gasteiger partial charge in [-0.25, -0.2) is 0 Å². The highest BCUT2D eigenvalue weighted by Crippen LogP contribution is 2.50. The molecule has 0 N–H and O–H groups in total. The third-order valence-electron chi connectivity index (χ3n) is 13.7. The van der Waals surface area contributed by atoms with Gasteiger partial charge in [0.25, 0.3) is 0 Å². The first kappa shape index (κ1) is 32.2. The van der Waals surface area contributed by atoms with Crippen LogP contribution >= 0.6 is 0 Å². The molecule has 0 aliphatic carbocycles. The highest BCUT2D eigenvalue weighted by Gasteiger charge is 2.27. The standard InChI is InChI=1S/C64H57N3O/c1-62(2,3)41-18-16-24-46(35-41)65(44-20-12-10-13-21-44)48-28-29-50-58(38-48)68-57-33-26-40-34-52-49-30-32-55(66(45-22-14-11-15-23-45)47-25-17-19-42(36-47)63(4,5)6)60-53-37-43(64(7,8)9)27-31-54(53)67(61(49)60)56(52)39-51(40)59(50)57/h10-39H,1-9H3/i10D,11D,12D,13D,14D,15D,20D,21D,22D,23D. The van der Waals surface area contributed by atoms with Crippen LogP contribution in [0.1, 0.15) is 92.7 Å².